The molecule has 31 heavy (non-hydrogen) atoms. The Morgan fingerprint density at radius 2 is 1.81 bits per heavy atom. The van der Waals surface area contributed by atoms with Crippen molar-refractivity contribution in [1.82, 2.24) is 9.88 Å². The highest BCUT2D eigenvalue weighted by molar-refractivity contribution is 7.91. The summed E-state index contributed by atoms with van der Waals surface area (Å²) in [5.41, 5.74) is 1.97. The molecule has 0 bridgehead atoms. The van der Waals surface area contributed by atoms with Gasteiger partial charge in [0.15, 0.2) is 15.0 Å². The summed E-state index contributed by atoms with van der Waals surface area (Å²) in [6.07, 6.45) is -0.102. The number of aryl methyl sites for hydroxylation is 1. The lowest BCUT2D eigenvalue weighted by atomic mass is 10.2. The van der Waals surface area contributed by atoms with Crippen LogP contribution >= 0.6 is 22.9 Å². The highest BCUT2D eigenvalue weighted by atomic mass is 35.5. The molecule has 0 atom stereocenters. The lowest BCUT2D eigenvalue weighted by Gasteiger charge is -2.34. The van der Waals surface area contributed by atoms with Crippen molar-refractivity contribution < 1.29 is 17.6 Å². The van der Waals surface area contributed by atoms with Gasteiger partial charge in [0.05, 0.1) is 25.9 Å². The number of halogens is 2. The number of anilines is 1. The number of aromatic nitrogens is 1. The first-order chi connectivity index (χ1) is 14.7. The van der Waals surface area contributed by atoms with E-state index >= 15 is 0 Å². The summed E-state index contributed by atoms with van der Waals surface area (Å²) in [7, 11) is -3.63. The van der Waals surface area contributed by atoms with Gasteiger partial charge in [0.2, 0.25) is 5.91 Å². The van der Waals surface area contributed by atoms with Crippen LogP contribution in [0, 0.1) is 12.7 Å². The molecule has 1 saturated heterocycles. The van der Waals surface area contributed by atoms with Crippen molar-refractivity contribution in [2.24, 2.45) is 0 Å². The fraction of sp³-hybridized carbons (Fsp3) is 0.333. The fourth-order valence-corrected chi connectivity index (χ4v) is 6.11. The van der Waals surface area contributed by atoms with Gasteiger partial charge in [0, 0.05) is 32.6 Å². The molecule has 3 aromatic rings. The van der Waals surface area contributed by atoms with Crippen LogP contribution in [0.4, 0.5) is 9.52 Å². The van der Waals surface area contributed by atoms with E-state index in [1.165, 1.54) is 23.5 Å². The third-order valence-corrected chi connectivity index (χ3v) is 8.65. The first kappa shape index (κ1) is 22.0. The molecule has 1 aliphatic heterocycles. The Hall–Kier alpha value is -2.23. The zero-order valence-electron chi connectivity index (χ0n) is 16.8. The van der Waals surface area contributed by atoms with Gasteiger partial charge in [-0.15, -0.1) is 0 Å². The molecule has 0 spiro atoms. The van der Waals surface area contributed by atoms with E-state index in [1.807, 2.05) is 19.1 Å². The Morgan fingerprint density at radius 1 is 1.13 bits per heavy atom. The maximum Gasteiger partial charge on any atom is 0.223 e. The van der Waals surface area contributed by atoms with E-state index in [0.29, 0.717) is 31.2 Å². The Kier molecular flexibility index (Phi) is 6.18. The summed E-state index contributed by atoms with van der Waals surface area (Å²) in [5.74, 6) is -1.00. The number of carbonyl (C=O) groups is 1. The Morgan fingerprint density at radius 3 is 2.45 bits per heavy atom. The second-order valence-electron chi connectivity index (χ2n) is 7.43. The molecular formula is C21H21ClFN3O3S2. The predicted molar refractivity (Wildman–Crippen MR) is 121 cm³/mol. The Balaban J connectivity index is 1.35. The zero-order chi connectivity index (χ0) is 22.2. The minimum Gasteiger partial charge on any atom is -0.345 e. The molecule has 0 N–H and O–H groups in total. The van der Waals surface area contributed by atoms with Crippen LogP contribution < -0.4 is 4.90 Å². The minimum atomic E-state index is -3.63. The van der Waals surface area contributed by atoms with Crippen molar-refractivity contribution in [3.8, 4) is 0 Å². The van der Waals surface area contributed by atoms with Gasteiger partial charge in [-0.25, -0.2) is 17.8 Å². The average molecular weight is 482 g/mol. The molecule has 0 radical (unpaired) electrons. The number of thiazole rings is 1. The number of sulfone groups is 1. The summed E-state index contributed by atoms with van der Waals surface area (Å²) < 4.78 is 38.8. The van der Waals surface area contributed by atoms with Crippen molar-refractivity contribution in [3.63, 3.8) is 0 Å². The standard InChI is InChI=1S/C21H21ClFN3O3S2/c1-14-2-7-17(22)20-19(14)24-21(30-20)26-11-9-25(10-12-26)18(27)8-13-31(28,29)16-5-3-15(23)4-6-16/h2-7H,8-13H2,1H3. The molecule has 4 rings (SSSR count). The number of rotatable bonds is 5. The molecule has 2 aromatic carbocycles. The van der Waals surface area contributed by atoms with E-state index in [1.54, 1.807) is 4.90 Å². The molecule has 1 fully saturated rings. The Labute approximate surface area is 189 Å². The number of nitrogens with zero attached hydrogens (tertiary/aromatic N) is 3. The second kappa shape index (κ2) is 8.72. The number of amides is 1. The van der Waals surface area contributed by atoms with Gasteiger partial charge in [-0.2, -0.15) is 0 Å². The van der Waals surface area contributed by atoms with Crippen molar-refractivity contribution in [1.29, 1.82) is 0 Å². The van der Waals surface area contributed by atoms with Gasteiger partial charge >= 0.3 is 0 Å². The van der Waals surface area contributed by atoms with Gasteiger partial charge in [-0.05, 0) is 42.8 Å². The number of benzene rings is 2. The van der Waals surface area contributed by atoms with Crippen molar-refractivity contribution in [2.75, 3.05) is 36.8 Å². The number of hydrogen-bond acceptors (Lipinski definition) is 6. The quantitative estimate of drug-likeness (QED) is 0.517. The summed E-state index contributed by atoms with van der Waals surface area (Å²) in [6.45, 7) is 4.23. The molecule has 164 valence electrons. The van der Waals surface area contributed by atoms with E-state index in [0.717, 1.165) is 33.0 Å². The van der Waals surface area contributed by atoms with Crippen molar-refractivity contribution in [3.05, 3.63) is 52.8 Å². The van der Waals surface area contributed by atoms with Crippen LogP contribution in [0.5, 0.6) is 0 Å². The Bertz CT molecular complexity index is 1180. The molecule has 1 aliphatic rings. The van der Waals surface area contributed by atoms with Gasteiger partial charge in [-0.3, -0.25) is 4.79 Å². The molecule has 1 amide bonds. The van der Waals surface area contributed by atoms with Crippen LogP contribution in [-0.4, -0.2) is 56.1 Å². The van der Waals surface area contributed by atoms with Crippen LogP contribution in [0.25, 0.3) is 10.2 Å². The second-order valence-corrected chi connectivity index (χ2v) is 10.9. The molecule has 0 saturated carbocycles. The maximum absolute atomic E-state index is 13.0. The summed E-state index contributed by atoms with van der Waals surface area (Å²) in [5, 5.41) is 1.55. The molecule has 10 heteroatoms. The highest BCUT2D eigenvalue weighted by Gasteiger charge is 2.25. The van der Waals surface area contributed by atoms with E-state index in [4.69, 9.17) is 16.6 Å². The normalized spacial score (nSPS) is 14.9. The predicted octanol–water partition coefficient (Wildman–Crippen LogP) is 3.91. The van der Waals surface area contributed by atoms with Gasteiger partial charge in [-0.1, -0.05) is 29.0 Å². The third kappa shape index (κ3) is 4.68. The van der Waals surface area contributed by atoms with Crippen LogP contribution in [0.1, 0.15) is 12.0 Å². The lowest BCUT2D eigenvalue weighted by molar-refractivity contribution is -0.131. The topological polar surface area (TPSA) is 70.6 Å². The fourth-order valence-electron chi connectivity index (χ4n) is 3.51. The first-order valence-corrected chi connectivity index (χ1v) is 12.7. The number of carbonyl (C=O) groups excluding carboxylic acids is 1. The number of piperazine rings is 1. The molecule has 2 heterocycles. The molecular weight excluding hydrogens is 461 g/mol. The lowest BCUT2D eigenvalue weighted by Crippen LogP contribution is -2.49. The van der Waals surface area contributed by atoms with E-state index in [2.05, 4.69) is 4.90 Å². The van der Waals surface area contributed by atoms with Crippen LogP contribution in [0.15, 0.2) is 41.3 Å². The maximum atomic E-state index is 13.0. The van der Waals surface area contributed by atoms with Gasteiger partial charge in [0.1, 0.15) is 5.82 Å². The van der Waals surface area contributed by atoms with Gasteiger partial charge < -0.3 is 9.80 Å². The smallest absolute Gasteiger partial charge is 0.223 e. The van der Waals surface area contributed by atoms with Crippen LogP contribution in [0.3, 0.4) is 0 Å². The van der Waals surface area contributed by atoms with Crippen molar-refractivity contribution in [2.45, 2.75) is 18.2 Å². The number of hydrogen-bond donors (Lipinski definition) is 0. The third-order valence-electron chi connectivity index (χ3n) is 5.35. The number of fused-ring (bicyclic) bond motifs is 1. The SMILES string of the molecule is Cc1ccc(Cl)c2sc(N3CCN(C(=O)CCS(=O)(=O)c4ccc(F)cc4)CC3)nc12. The van der Waals surface area contributed by atoms with E-state index in [-0.39, 0.29) is 23.0 Å². The monoisotopic (exact) mass is 481 g/mol. The average Bonchev–Trinajstić information content (AvgIpc) is 3.22. The zero-order valence-corrected chi connectivity index (χ0v) is 19.2. The highest BCUT2D eigenvalue weighted by Crippen LogP contribution is 2.35. The van der Waals surface area contributed by atoms with Gasteiger partial charge in [0.25, 0.3) is 0 Å². The van der Waals surface area contributed by atoms with Crippen LogP contribution in [0.2, 0.25) is 5.02 Å². The van der Waals surface area contributed by atoms with E-state index < -0.39 is 15.7 Å². The summed E-state index contributed by atoms with van der Waals surface area (Å²) in [4.78, 5) is 21.1. The van der Waals surface area contributed by atoms with E-state index in [9.17, 15) is 17.6 Å². The summed E-state index contributed by atoms with van der Waals surface area (Å²) in [6, 6.07) is 8.47. The first-order valence-electron chi connectivity index (χ1n) is 9.81. The molecule has 0 aliphatic carbocycles. The molecule has 1 aromatic heterocycles. The molecule has 0 unspecified atom stereocenters. The largest absolute Gasteiger partial charge is 0.345 e. The minimum absolute atomic E-state index is 0.0244. The van der Waals surface area contributed by atoms with Crippen molar-refractivity contribution >= 4 is 54.0 Å². The van der Waals surface area contributed by atoms with Crippen LogP contribution in [-0.2, 0) is 14.6 Å². The molecule has 6 nitrogen and oxygen atoms in total. The summed E-state index contributed by atoms with van der Waals surface area (Å²) >= 11 is 7.84.